The smallest absolute Gasteiger partial charge is 0.267 e. The highest BCUT2D eigenvalue weighted by molar-refractivity contribution is 7.86. The lowest BCUT2D eigenvalue weighted by atomic mass is 10.2. The van der Waals surface area contributed by atoms with E-state index in [0.717, 1.165) is 25.9 Å². The molecular weight excluding hydrogens is 240 g/mol. The monoisotopic (exact) mass is 266 g/mol. The number of hydrogen-bond donors (Lipinski definition) is 0. The first-order valence-corrected chi connectivity index (χ1v) is 8.15. The molecule has 0 atom stereocenters. The maximum Gasteiger partial charge on any atom is 0.267 e. The molecule has 0 heterocycles. The fourth-order valence-electron chi connectivity index (χ4n) is 1.31. The van der Waals surface area contributed by atoms with Gasteiger partial charge in [-0.05, 0) is 26.2 Å². The molecule has 0 aliphatic rings. The first-order valence-electron chi connectivity index (χ1n) is 6.57. The highest BCUT2D eigenvalue weighted by atomic mass is 32.2. The molecule has 0 aliphatic carbocycles. The van der Waals surface area contributed by atoms with Crippen molar-refractivity contribution in [2.24, 2.45) is 0 Å². The van der Waals surface area contributed by atoms with E-state index >= 15 is 0 Å². The van der Waals surface area contributed by atoms with Crippen LogP contribution in [-0.2, 0) is 19.0 Å². The van der Waals surface area contributed by atoms with Gasteiger partial charge in [0.1, 0.15) is 0 Å². The third-order valence-electron chi connectivity index (χ3n) is 2.44. The van der Waals surface area contributed by atoms with Crippen LogP contribution in [0.15, 0.2) is 0 Å². The molecule has 0 rings (SSSR count). The topological polar surface area (TPSA) is 52.6 Å². The average Bonchev–Trinajstić information content (AvgIpc) is 2.31. The molecule has 0 spiro atoms. The van der Waals surface area contributed by atoms with Crippen molar-refractivity contribution in [1.82, 2.24) is 0 Å². The van der Waals surface area contributed by atoms with E-state index in [9.17, 15) is 8.42 Å². The molecule has 5 heteroatoms. The van der Waals surface area contributed by atoms with Gasteiger partial charge in [0.25, 0.3) is 10.1 Å². The van der Waals surface area contributed by atoms with Gasteiger partial charge in [-0.1, -0.05) is 26.2 Å². The highest BCUT2D eigenvalue weighted by Gasteiger charge is 2.05. The number of unbranched alkanes of at least 4 members (excludes halogenated alkanes) is 4. The lowest BCUT2D eigenvalue weighted by molar-refractivity contribution is 0.123. The van der Waals surface area contributed by atoms with Crippen LogP contribution in [-0.4, -0.2) is 34.0 Å². The zero-order chi connectivity index (χ0) is 13.0. The van der Waals surface area contributed by atoms with Crippen molar-refractivity contribution in [2.45, 2.75) is 52.4 Å². The first kappa shape index (κ1) is 16.9. The number of ether oxygens (including phenoxy) is 1. The summed E-state index contributed by atoms with van der Waals surface area (Å²) in [5.41, 5.74) is 0. The van der Waals surface area contributed by atoms with E-state index in [1.807, 2.05) is 0 Å². The largest absolute Gasteiger partial charge is 0.381 e. The Labute approximate surface area is 106 Å². The molecular formula is C12H26O4S. The second-order valence-corrected chi connectivity index (χ2v) is 5.98. The summed E-state index contributed by atoms with van der Waals surface area (Å²) in [5.74, 6) is 0.0426. The quantitative estimate of drug-likeness (QED) is 0.402. The molecule has 0 aromatic heterocycles. The Kier molecular flexibility index (Phi) is 10.9. The molecule has 0 saturated carbocycles. The minimum atomic E-state index is -3.27. The average molecular weight is 266 g/mol. The molecule has 0 aliphatic heterocycles. The van der Waals surface area contributed by atoms with Gasteiger partial charge in [0.05, 0.1) is 12.4 Å². The minimum absolute atomic E-state index is 0.0426. The van der Waals surface area contributed by atoms with E-state index in [1.54, 1.807) is 6.92 Å². The second kappa shape index (κ2) is 11.0. The lowest BCUT2D eigenvalue weighted by Crippen LogP contribution is -2.09. The summed E-state index contributed by atoms with van der Waals surface area (Å²) in [6.07, 6.45) is 6.44. The minimum Gasteiger partial charge on any atom is -0.381 e. The molecule has 0 unspecified atom stereocenters. The molecule has 0 aromatic rings. The van der Waals surface area contributed by atoms with Crippen molar-refractivity contribution < 1.29 is 17.3 Å². The fraction of sp³-hybridized carbons (Fsp3) is 1.00. The van der Waals surface area contributed by atoms with Crippen molar-refractivity contribution in [3.05, 3.63) is 0 Å². The predicted molar refractivity (Wildman–Crippen MR) is 69.6 cm³/mol. The van der Waals surface area contributed by atoms with Crippen LogP contribution in [0, 0.1) is 0 Å². The van der Waals surface area contributed by atoms with E-state index in [-0.39, 0.29) is 12.4 Å². The van der Waals surface area contributed by atoms with Crippen LogP contribution in [0.1, 0.15) is 52.4 Å². The lowest BCUT2D eigenvalue weighted by Gasteiger charge is -2.05. The Bertz CT molecular complexity index is 249. The van der Waals surface area contributed by atoms with Crippen molar-refractivity contribution in [3.8, 4) is 0 Å². The third kappa shape index (κ3) is 12.1. The van der Waals surface area contributed by atoms with Gasteiger partial charge < -0.3 is 4.74 Å². The molecule has 4 nitrogen and oxygen atoms in total. The summed E-state index contributed by atoms with van der Waals surface area (Å²) in [4.78, 5) is 0. The summed E-state index contributed by atoms with van der Waals surface area (Å²) in [6.45, 7) is 5.55. The van der Waals surface area contributed by atoms with Crippen LogP contribution in [0.4, 0.5) is 0 Å². The summed E-state index contributed by atoms with van der Waals surface area (Å²) < 4.78 is 32.2. The molecule has 0 bridgehead atoms. The Balaban J connectivity index is 3.14. The fourth-order valence-corrected chi connectivity index (χ4v) is 1.85. The summed E-state index contributed by atoms with van der Waals surface area (Å²) >= 11 is 0. The van der Waals surface area contributed by atoms with Crippen LogP contribution in [0.3, 0.4) is 0 Å². The van der Waals surface area contributed by atoms with E-state index in [2.05, 4.69) is 6.92 Å². The zero-order valence-corrected chi connectivity index (χ0v) is 11.9. The van der Waals surface area contributed by atoms with Crippen LogP contribution in [0.2, 0.25) is 0 Å². The van der Waals surface area contributed by atoms with Crippen molar-refractivity contribution in [3.63, 3.8) is 0 Å². The van der Waals surface area contributed by atoms with Gasteiger partial charge in [-0.15, -0.1) is 0 Å². The summed E-state index contributed by atoms with van der Waals surface area (Å²) in [5, 5.41) is 0. The van der Waals surface area contributed by atoms with Crippen LogP contribution < -0.4 is 0 Å². The van der Waals surface area contributed by atoms with Crippen molar-refractivity contribution >= 4 is 10.1 Å². The molecule has 0 aromatic carbocycles. The summed E-state index contributed by atoms with van der Waals surface area (Å²) in [6, 6.07) is 0. The van der Waals surface area contributed by atoms with Gasteiger partial charge in [0.15, 0.2) is 0 Å². The van der Waals surface area contributed by atoms with Gasteiger partial charge in [-0.3, -0.25) is 4.18 Å². The van der Waals surface area contributed by atoms with Gasteiger partial charge >= 0.3 is 0 Å². The van der Waals surface area contributed by atoms with E-state index in [0.29, 0.717) is 6.61 Å². The Morgan fingerprint density at radius 2 is 1.41 bits per heavy atom. The molecule has 104 valence electrons. The van der Waals surface area contributed by atoms with Crippen LogP contribution in [0.25, 0.3) is 0 Å². The Morgan fingerprint density at radius 1 is 0.824 bits per heavy atom. The second-order valence-electron chi connectivity index (χ2n) is 4.05. The third-order valence-corrected chi connectivity index (χ3v) is 3.67. The van der Waals surface area contributed by atoms with Gasteiger partial charge in [0, 0.05) is 13.2 Å². The molecule has 17 heavy (non-hydrogen) atoms. The van der Waals surface area contributed by atoms with Gasteiger partial charge in [-0.25, -0.2) is 0 Å². The highest BCUT2D eigenvalue weighted by Crippen LogP contribution is 2.00. The Morgan fingerprint density at radius 3 is 2.00 bits per heavy atom. The molecule has 0 N–H and O–H groups in total. The number of rotatable bonds is 12. The Hall–Kier alpha value is -0.130. The molecule has 0 radical (unpaired) electrons. The zero-order valence-electron chi connectivity index (χ0n) is 11.1. The summed E-state index contributed by atoms with van der Waals surface area (Å²) in [7, 11) is -3.27. The van der Waals surface area contributed by atoms with Crippen molar-refractivity contribution in [1.29, 1.82) is 0 Å². The van der Waals surface area contributed by atoms with Gasteiger partial charge in [-0.2, -0.15) is 8.42 Å². The first-order chi connectivity index (χ1) is 8.12. The standard InChI is InChI=1S/C12H26O4S/c1-3-5-6-7-10-15-11-8-9-12-16-17(13,14)4-2/h3-12H2,1-2H3. The van der Waals surface area contributed by atoms with Crippen LogP contribution >= 0.6 is 0 Å². The SMILES string of the molecule is CCCCCCOCCCCOS(=O)(=O)CC. The van der Waals surface area contributed by atoms with Crippen molar-refractivity contribution in [2.75, 3.05) is 25.6 Å². The van der Waals surface area contributed by atoms with E-state index in [4.69, 9.17) is 8.92 Å². The maximum atomic E-state index is 11.0. The maximum absolute atomic E-state index is 11.0. The van der Waals surface area contributed by atoms with Crippen LogP contribution in [0.5, 0.6) is 0 Å². The molecule has 0 amide bonds. The predicted octanol–water partition coefficient (Wildman–Crippen LogP) is 2.73. The molecule has 0 saturated heterocycles. The van der Waals surface area contributed by atoms with Gasteiger partial charge in [0.2, 0.25) is 0 Å². The number of hydrogen-bond acceptors (Lipinski definition) is 4. The molecule has 0 fully saturated rings. The normalized spacial score (nSPS) is 11.9. The van der Waals surface area contributed by atoms with E-state index < -0.39 is 10.1 Å². The van der Waals surface area contributed by atoms with E-state index in [1.165, 1.54) is 19.3 Å².